The minimum atomic E-state index is -3.73. The predicted octanol–water partition coefficient (Wildman–Crippen LogP) is 2.68. The number of halogens is 1. The molecule has 0 atom stereocenters. The molecule has 0 spiro atoms. The first-order valence-corrected chi connectivity index (χ1v) is 9.22. The third kappa shape index (κ3) is 5.45. The fraction of sp³-hybridized carbons (Fsp3) is 0.235. The monoisotopic (exact) mass is 383 g/mol. The van der Waals surface area contributed by atoms with Crippen molar-refractivity contribution in [2.24, 2.45) is 0 Å². The van der Waals surface area contributed by atoms with E-state index in [4.69, 9.17) is 16.3 Å². The molecule has 0 amide bonds. The molecule has 0 saturated heterocycles. The number of aryl methyl sites for hydroxylation is 1. The molecule has 2 aromatic rings. The van der Waals surface area contributed by atoms with Crippen LogP contribution in [0.15, 0.2) is 47.4 Å². The predicted molar refractivity (Wildman–Crippen MR) is 94.2 cm³/mol. The summed E-state index contributed by atoms with van der Waals surface area (Å²) in [5, 5.41) is 0.0853. The van der Waals surface area contributed by atoms with Crippen molar-refractivity contribution in [1.82, 2.24) is 4.72 Å². The van der Waals surface area contributed by atoms with E-state index in [-0.39, 0.29) is 28.8 Å². The van der Waals surface area contributed by atoms with E-state index in [1.54, 1.807) is 0 Å². The minimum absolute atomic E-state index is 0.00929. The Bertz CT molecular complexity index is 850. The van der Waals surface area contributed by atoms with Gasteiger partial charge in [-0.05, 0) is 30.7 Å². The second-order valence-electron chi connectivity index (χ2n) is 5.27. The van der Waals surface area contributed by atoms with Crippen molar-refractivity contribution in [3.05, 3.63) is 58.6 Å². The van der Waals surface area contributed by atoms with Crippen LogP contribution in [0.2, 0.25) is 5.02 Å². The van der Waals surface area contributed by atoms with Gasteiger partial charge < -0.3 is 9.47 Å². The van der Waals surface area contributed by atoms with Gasteiger partial charge in [0.15, 0.2) is 6.61 Å². The molecule has 0 saturated carbocycles. The second kappa shape index (κ2) is 8.33. The normalized spacial score (nSPS) is 11.2. The highest BCUT2D eigenvalue weighted by Crippen LogP contribution is 2.27. The van der Waals surface area contributed by atoms with Gasteiger partial charge in [0.05, 0.1) is 17.0 Å². The van der Waals surface area contributed by atoms with Crippen molar-refractivity contribution in [3.8, 4) is 5.75 Å². The van der Waals surface area contributed by atoms with Crippen molar-refractivity contribution in [2.75, 3.05) is 13.7 Å². The van der Waals surface area contributed by atoms with E-state index < -0.39 is 16.0 Å². The number of ether oxygens (including phenoxy) is 2. The molecule has 25 heavy (non-hydrogen) atoms. The molecule has 0 heterocycles. The number of carbonyl (C=O) groups is 1. The van der Waals surface area contributed by atoms with Gasteiger partial charge in [-0.25, -0.2) is 17.9 Å². The van der Waals surface area contributed by atoms with Crippen LogP contribution in [0.25, 0.3) is 0 Å². The van der Waals surface area contributed by atoms with Crippen LogP contribution < -0.4 is 9.46 Å². The molecule has 134 valence electrons. The zero-order valence-corrected chi connectivity index (χ0v) is 15.4. The summed E-state index contributed by atoms with van der Waals surface area (Å²) in [7, 11) is -2.49. The first-order chi connectivity index (χ1) is 11.8. The summed E-state index contributed by atoms with van der Waals surface area (Å²) in [6.07, 6.45) is 0. The van der Waals surface area contributed by atoms with Gasteiger partial charge in [0.2, 0.25) is 10.0 Å². The number of esters is 1. The van der Waals surface area contributed by atoms with E-state index in [9.17, 15) is 13.2 Å². The Labute approximate surface area is 151 Å². The quantitative estimate of drug-likeness (QED) is 0.743. The molecule has 0 radical (unpaired) electrons. The van der Waals surface area contributed by atoms with Crippen LogP contribution in [-0.2, 0) is 26.1 Å². The lowest BCUT2D eigenvalue weighted by atomic mass is 10.2. The number of carbonyl (C=O) groups excluding carboxylic acids is 1. The fourth-order valence-corrected chi connectivity index (χ4v) is 3.27. The Hall–Kier alpha value is -2.09. The lowest BCUT2D eigenvalue weighted by Gasteiger charge is -2.10. The Morgan fingerprint density at radius 2 is 1.84 bits per heavy atom. The smallest absolute Gasteiger partial charge is 0.343 e. The Morgan fingerprint density at radius 3 is 2.44 bits per heavy atom. The highest BCUT2D eigenvalue weighted by Gasteiger charge is 2.16. The van der Waals surface area contributed by atoms with Gasteiger partial charge in [-0.15, -0.1) is 0 Å². The van der Waals surface area contributed by atoms with Gasteiger partial charge >= 0.3 is 5.97 Å². The summed E-state index contributed by atoms with van der Waals surface area (Å²) >= 11 is 6.03. The minimum Gasteiger partial charge on any atom is -0.480 e. The molecule has 0 fully saturated rings. The first-order valence-electron chi connectivity index (χ1n) is 7.36. The van der Waals surface area contributed by atoms with Crippen LogP contribution in [0.1, 0.15) is 11.1 Å². The SMILES string of the molecule is COC(=O)COc1ccc(S(=O)(=O)NCc2ccc(C)cc2)cc1Cl. The van der Waals surface area contributed by atoms with E-state index in [0.717, 1.165) is 11.1 Å². The van der Waals surface area contributed by atoms with Crippen LogP contribution >= 0.6 is 11.6 Å². The number of hydrogen-bond acceptors (Lipinski definition) is 5. The van der Waals surface area contributed by atoms with Gasteiger partial charge in [0, 0.05) is 6.54 Å². The standard InChI is InChI=1S/C17H18ClNO5S/c1-12-3-5-13(6-4-12)10-19-25(21,22)14-7-8-16(15(18)9-14)24-11-17(20)23-2/h3-9,19H,10-11H2,1-2H3. The Balaban J connectivity index is 2.07. The Morgan fingerprint density at radius 1 is 1.16 bits per heavy atom. The summed E-state index contributed by atoms with van der Waals surface area (Å²) < 4.78 is 36.9. The maximum Gasteiger partial charge on any atom is 0.343 e. The van der Waals surface area contributed by atoms with Crippen LogP contribution in [0.5, 0.6) is 5.75 Å². The first kappa shape index (κ1) is 19.2. The molecule has 6 nitrogen and oxygen atoms in total. The summed E-state index contributed by atoms with van der Waals surface area (Å²) in [6, 6.07) is 11.6. The highest BCUT2D eigenvalue weighted by atomic mass is 35.5. The largest absolute Gasteiger partial charge is 0.480 e. The number of hydrogen-bond donors (Lipinski definition) is 1. The van der Waals surface area contributed by atoms with Gasteiger partial charge in [0.25, 0.3) is 0 Å². The summed E-state index contributed by atoms with van der Waals surface area (Å²) in [4.78, 5) is 11.1. The number of nitrogens with one attached hydrogen (secondary N) is 1. The van der Waals surface area contributed by atoms with E-state index in [1.807, 2.05) is 31.2 Å². The summed E-state index contributed by atoms with van der Waals surface area (Å²) in [5.41, 5.74) is 1.94. The molecule has 0 aromatic heterocycles. The van der Waals surface area contributed by atoms with Gasteiger partial charge in [-0.3, -0.25) is 0 Å². The number of benzene rings is 2. The van der Waals surface area contributed by atoms with E-state index in [2.05, 4.69) is 9.46 Å². The van der Waals surface area contributed by atoms with Crippen LogP contribution in [0.3, 0.4) is 0 Å². The average molecular weight is 384 g/mol. The van der Waals surface area contributed by atoms with Gasteiger partial charge in [0.1, 0.15) is 5.75 Å². The fourth-order valence-electron chi connectivity index (χ4n) is 1.93. The van der Waals surface area contributed by atoms with Crippen LogP contribution in [-0.4, -0.2) is 28.1 Å². The maximum absolute atomic E-state index is 12.4. The van der Waals surface area contributed by atoms with Crippen molar-refractivity contribution in [2.45, 2.75) is 18.4 Å². The third-order valence-corrected chi connectivity index (χ3v) is 5.07. The lowest BCUT2D eigenvalue weighted by molar-refractivity contribution is -0.142. The van der Waals surface area contributed by atoms with E-state index >= 15 is 0 Å². The van der Waals surface area contributed by atoms with Gasteiger partial charge in [-0.2, -0.15) is 0 Å². The third-order valence-electron chi connectivity index (χ3n) is 3.37. The van der Waals surface area contributed by atoms with Crippen molar-refractivity contribution < 1.29 is 22.7 Å². The maximum atomic E-state index is 12.4. The molecule has 2 aromatic carbocycles. The molecule has 0 aliphatic carbocycles. The molecule has 0 bridgehead atoms. The van der Waals surface area contributed by atoms with Crippen molar-refractivity contribution in [1.29, 1.82) is 0 Å². The zero-order chi connectivity index (χ0) is 18.4. The second-order valence-corrected chi connectivity index (χ2v) is 7.44. The molecule has 0 aliphatic heterocycles. The molecule has 2 rings (SSSR count). The average Bonchev–Trinajstić information content (AvgIpc) is 2.59. The van der Waals surface area contributed by atoms with E-state index in [0.29, 0.717) is 0 Å². The number of sulfonamides is 1. The van der Waals surface area contributed by atoms with Crippen molar-refractivity contribution in [3.63, 3.8) is 0 Å². The number of rotatable bonds is 7. The van der Waals surface area contributed by atoms with Crippen LogP contribution in [0.4, 0.5) is 0 Å². The topological polar surface area (TPSA) is 81.7 Å². The van der Waals surface area contributed by atoms with Crippen molar-refractivity contribution >= 4 is 27.6 Å². The summed E-state index contributed by atoms with van der Waals surface area (Å²) in [6.45, 7) is 1.81. The van der Waals surface area contributed by atoms with Gasteiger partial charge in [-0.1, -0.05) is 41.4 Å². The molecular weight excluding hydrogens is 366 g/mol. The Kier molecular flexibility index (Phi) is 6.41. The lowest BCUT2D eigenvalue weighted by Crippen LogP contribution is -2.23. The molecule has 0 unspecified atom stereocenters. The molecular formula is C17H18ClNO5S. The molecule has 1 N–H and O–H groups in total. The summed E-state index contributed by atoms with van der Waals surface area (Å²) in [5.74, 6) is -0.364. The number of methoxy groups -OCH3 is 1. The van der Waals surface area contributed by atoms with E-state index in [1.165, 1.54) is 25.3 Å². The van der Waals surface area contributed by atoms with Crippen LogP contribution in [0, 0.1) is 6.92 Å². The zero-order valence-electron chi connectivity index (χ0n) is 13.8. The molecule has 0 aliphatic rings. The highest BCUT2D eigenvalue weighted by molar-refractivity contribution is 7.89. The molecule has 8 heteroatoms.